The van der Waals surface area contributed by atoms with E-state index in [9.17, 15) is 14.4 Å². The van der Waals surface area contributed by atoms with Crippen molar-refractivity contribution in [3.63, 3.8) is 0 Å². The van der Waals surface area contributed by atoms with Crippen LogP contribution in [0.4, 0.5) is 0 Å². The van der Waals surface area contributed by atoms with E-state index >= 15 is 0 Å². The Labute approximate surface area is 170 Å². The number of thiophene rings is 1. The van der Waals surface area contributed by atoms with Crippen LogP contribution in [0.3, 0.4) is 0 Å². The van der Waals surface area contributed by atoms with Crippen LogP contribution in [0.2, 0.25) is 0 Å². The lowest BCUT2D eigenvalue weighted by atomic mass is 10.1. The van der Waals surface area contributed by atoms with Gasteiger partial charge in [0.1, 0.15) is 23.0 Å². The molecule has 29 heavy (non-hydrogen) atoms. The molecule has 3 aromatic heterocycles. The van der Waals surface area contributed by atoms with Crippen molar-refractivity contribution in [2.75, 3.05) is 6.61 Å². The Kier molecular flexibility index (Phi) is 4.99. The molecule has 0 unspecified atom stereocenters. The summed E-state index contributed by atoms with van der Waals surface area (Å²) in [5, 5.41) is 0.661. The molecule has 0 aliphatic heterocycles. The third kappa shape index (κ3) is 3.35. The number of fused-ring (bicyclic) bond motifs is 3. The van der Waals surface area contributed by atoms with Crippen LogP contribution in [-0.2, 0) is 28.9 Å². The number of carbonyl (C=O) groups is 2. The summed E-state index contributed by atoms with van der Waals surface area (Å²) >= 11 is 1.53. The number of hydrogen-bond acceptors (Lipinski definition) is 7. The Hall–Kier alpha value is -2.94. The molecular formula is C20H21N3O5S. The second kappa shape index (κ2) is 7.47. The Morgan fingerprint density at radius 1 is 1.14 bits per heavy atom. The first-order valence-electron chi connectivity index (χ1n) is 9.47. The highest BCUT2D eigenvalue weighted by atomic mass is 32.1. The van der Waals surface area contributed by atoms with Crippen LogP contribution in [0, 0.1) is 13.8 Å². The van der Waals surface area contributed by atoms with E-state index < -0.39 is 11.9 Å². The SMILES string of the molecule is CCOC(=O)c1[nH]c(C)c(C(=O)OCc2nc3sc4c(c3c(=O)[nH]2)CCC4)c1C. The largest absolute Gasteiger partial charge is 0.461 e. The molecule has 0 saturated heterocycles. The molecule has 3 heterocycles. The minimum absolute atomic E-state index is 0.161. The smallest absolute Gasteiger partial charge is 0.355 e. The number of aromatic nitrogens is 3. The number of hydrogen-bond donors (Lipinski definition) is 2. The lowest BCUT2D eigenvalue weighted by Gasteiger charge is -2.06. The van der Waals surface area contributed by atoms with Crippen molar-refractivity contribution in [2.45, 2.75) is 46.6 Å². The van der Waals surface area contributed by atoms with Crippen molar-refractivity contribution in [1.29, 1.82) is 0 Å². The molecule has 0 bridgehead atoms. The maximum atomic E-state index is 12.6. The zero-order chi connectivity index (χ0) is 20.7. The first-order valence-corrected chi connectivity index (χ1v) is 10.3. The van der Waals surface area contributed by atoms with E-state index in [1.54, 1.807) is 20.8 Å². The second-order valence-electron chi connectivity index (χ2n) is 6.97. The lowest BCUT2D eigenvalue weighted by molar-refractivity contribution is 0.0461. The minimum atomic E-state index is -0.594. The van der Waals surface area contributed by atoms with Gasteiger partial charge in [-0.25, -0.2) is 14.6 Å². The average Bonchev–Trinajstić information content (AvgIpc) is 3.32. The highest BCUT2D eigenvalue weighted by Gasteiger charge is 2.25. The monoisotopic (exact) mass is 415 g/mol. The third-order valence-corrected chi connectivity index (χ3v) is 6.27. The number of rotatable bonds is 5. The van der Waals surface area contributed by atoms with Gasteiger partial charge in [0.05, 0.1) is 17.6 Å². The molecule has 0 spiro atoms. The van der Waals surface area contributed by atoms with Gasteiger partial charge in [0.25, 0.3) is 5.56 Å². The highest BCUT2D eigenvalue weighted by molar-refractivity contribution is 7.18. The fourth-order valence-electron chi connectivity index (χ4n) is 3.78. The van der Waals surface area contributed by atoms with E-state index in [0.29, 0.717) is 27.3 Å². The van der Waals surface area contributed by atoms with Gasteiger partial charge >= 0.3 is 11.9 Å². The van der Waals surface area contributed by atoms with Crippen LogP contribution in [0.25, 0.3) is 10.2 Å². The Bertz CT molecular complexity index is 1190. The fraction of sp³-hybridized carbons (Fsp3) is 0.400. The number of H-pyrrole nitrogens is 2. The van der Waals surface area contributed by atoms with Crippen LogP contribution < -0.4 is 5.56 Å². The molecule has 0 saturated carbocycles. The van der Waals surface area contributed by atoms with Crippen molar-refractivity contribution < 1.29 is 19.1 Å². The van der Waals surface area contributed by atoms with Crippen molar-refractivity contribution >= 4 is 33.5 Å². The summed E-state index contributed by atoms with van der Waals surface area (Å²) in [6.07, 6.45) is 2.96. The Morgan fingerprint density at radius 3 is 2.69 bits per heavy atom. The zero-order valence-electron chi connectivity index (χ0n) is 16.4. The van der Waals surface area contributed by atoms with Crippen LogP contribution in [0.15, 0.2) is 4.79 Å². The maximum absolute atomic E-state index is 12.6. The van der Waals surface area contributed by atoms with Crippen molar-refractivity contribution in [2.24, 2.45) is 0 Å². The summed E-state index contributed by atoms with van der Waals surface area (Å²) in [7, 11) is 0. The summed E-state index contributed by atoms with van der Waals surface area (Å²) in [5.41, 5.74) is 2.41. The van der Waals surface area contributed by atoms with Gasteiger partial charge in [-0.2, -0.15) is 0 Å². The van der Waals surface area contributed by atoms with E-state index in [4.69, 9.17) is 9.47 Å². The van der Waals surface area contributed by atoms with E-state index in [2.05, 4.69) is 15.0 Å². The molecule has 3 aromatic rings. The van der Waals surface area contributed by atoms with Crippen LogP contribution in [-0.4, -0.2) is 33.5 Å². The molecule has 1 aliphatic rings. The first kappa shape index (κ1) is 19.4. The van der Waals surface area contributed by atoms with E-state index in [0.717, 1.165) is 24.8 Å². The molecule has 9 heteroatoms. The van der Waals surface area contributed by atoms with Gasteiger partial charge < -0.3 is 19.4 Å². The lowest BCUT2D eigenvalue weighted by Crippen LogP contribution is -2.15. The summed E-state index contributed by atoms with van der Waals surface area (Å²) in [6.45, 7) is 5.14. The average molecular weight is 415 g/mol. The van der Waals surface area contributed by atoms with Crippen LogP contribution in [0.5, 0.6) is 0 Å². The first-order chi connectivity index (χ1) is 13.9. The van der Waals surface area contributed by atoms with Crippen molar-refractivity contribution in [1.82, 2.24) is 15.0 Å². The summed E-state index contributed by atoms with van der Waals surface area (Å²) in [5.74, 6) is -0.815. The van der Waals surface area contributed by atoms with E-state index in [1.807, 2.05) is 0 Å². The number of carbonyl (C=O) groups excluding carboxylic acids is 2. The fourth-order valence-corrected chi connectivity index (χ4v) is 5.07. The number of nitrogens with zero attached hydrogens (tertiary/aromatic N) is 1. The molecular weight excluding hydrogens is 394 g/mol. The maximum Gasteiger partial charge on any atom is 0.355 e. The standard InChI is InChI=1S/C20H21N3O5S/c1-4-27-20(26)16-9(2)14(10(3)21-16)19(25)28-8-13-22-17(24)15-11-6-5-7-12(11)29-18(15)23-13/h21H,4-8H2,1-3H3,(H,22,23,24). The molecule has 0 aromatic carbocycles. The van der Waals surface area contributed by atoms with Crippen molar-refractivity contribution in [3.8, 4) is 0 Å². The molecule has 0 fully saturated rings. The number of esters is 2. The number of aryl methyl sites for hydroxylation is 3. The van der Waals surface area contributed by atoms with Crippen molar-refractivity contribution in [3.05, 3.63) is 49.1 Å². The van der Waals surface area contributed by atoms with Gasteiger partial charge in [0.15, 0.2) is 0 Å². The zero-order valence-corrected chi connectivity index (χ0v) is 17.2. The Morgan fingerprint density at radius 2 is 1.93 bits per heavy atom. The topological polar surface area (TPSA) is 114 Å². The van der Waals surface area contributed by atoms with E-state index in [-0.39, 0.29) is 30.0 Å². The highest BCUT2D eigenvalue weighted by Crippen LogP contribution is 2.34. The number of ether oxygens (including phenoxy) is 2. The van der Waals surface area contributed by atoms with Crippen LogP contribution in [0.1, 0.15) is 61.7 Å². The summed E-state index contributed by atoms with van der Waals surface area (Å²) in [4.78, 5) is 49.1. The molecule has 0 atom stereocenters. The van der Waals surface area contributed by atoms with Gasteiger partial charge in [-0.15, -0.1) is 11.3 Å². The van der Waals surface area contributed by atoms with Gasteiger partial charge in [0, 0.05) is 10.6 Å². The summed E-state index contributed by atoms with van der Waals surface area (Å²) < 4.78 is 10.4. The van der Waals surface area contributed by atoms with Crippen LogP contribution >= 0.6 is 11.3 Å². The summed E-state index contributed by atoms with van der Waals surface area (Å²) in [6, 6.07) is 0. The number of aromatic amines is 2. The number of nitrogens with one attached hydrogen (secondary N) is 2. The Balaban J connectivity index is 1.55. The molecule has 4 rings (SSSR count). The van der Waals surface area contributed by atoms with Gasteiger partial charge in [-0.3, -0.25) is 4.79 Å². The normalized spacial score (nSPS) is 12.9. The predicted molar refractivity (Wildman–Crippen MR) is 108 cm³/mol. The molecule has 8 nitrogen and oxygen atoms in total. The quantitative estimate of drug-likeness (QED) is 0.619. The van der Waals surface area contributed by atoms with Gasteiger partial charge in [-0.1, -0.05) is 0 Å². The molecule has 152 valence electrons. The molecule has 0 radical (unpaired) electrons. The molecule has 0 amide bonds. The van der Waals surface area contributed by atoms with E-state index in [1.165, 1.54) is 16.2 Å². The molecule has 2 N–H and O–H groups in total. The predicted octanol–water partition coefficient (Wildman–Crippen LogP) is 2.95. The second-order valence-corrected chi connectivity index (χ2v) is 8.06. The van der Waals surface area contributed by atoms with Gasteiger partial charge in [-0.05, 0) is 51.2 Å². The third-order valence-electron chi connectivity index (χ3n) is 5.09. The van der Waals surface area contributed by atoms with Gasteiger partial charge in [0.2, 0.25) is 0 Å². The molecule has 1 aliphatic carbocycles. The minimum Gasteiger partial charge on any atom is -0.461 e.